The van der Waals surface area contributed by atoms with Crippen LogP contribution in [0.3, 0.4) is 0 Å². The highest BCUT2D eigenvalue weighted by molar-refractivity contribution is 7.28. The number of benzene rings is 2. The first kappa shape index (κ1) is 28.6. The number of fused-ring (bicyclic) bond motifs is 1. The molecule has 0 radical (unpaired) electrons. The fourth-order valence-electron chi connectivity index (χ4n) is 4.13. The number of aliphatic imine (C=N–C) groups is 1. The van der Waals surface area contributed by atoms with Gasteiger partial charge in [-0.05, 0) is 38.3 Å². The van der Waals surface area contributed by atoms with Gasteiger partial charge in [-0.2, -0.15) is 5.10 Å². The average Bonchev–Trinajstić information content (AvgIpc) is 3.27. The Bertz CT molecular complexity index is 1440. The Labute approximate surface area is 226 Å². The van der Waals surface area contributed by atoms with Gasteiger partial charge in [-0.25, -0.2) is 0 Å². The standard InChI is InChI=1S/C29H35N6O2P/c1-7-18(2)27(31-6)23-12-10-13-24(29(23)38)32-19(3)15-34(20(4)17-36)26(37)16-35-25-14-9-8-11-22(25)28(33-35)21(5)30/h7-14,20,32,36H,1,3,5-6,15-17,30,38H2,2,4H3/b27-18-. The van der Waals surface area contributed by atoms with Crippen LogP contribution in [0.1, 0.15) is 25.1 Å². The molecule has 38 heavy (non-hydrogen) atoms. The number of rotatable bonds is 12. The van der Waals surface area contributed by atoms with E-state index in [2.05, 4.69) is 51.1 Å². The quantitative estimate of drug-likeness (QED) is 0.187. The third kappa shape index (κ3) is 6.10. The number of nitrogens with two attached hydrogens (primary N) is 1. The van der Waals surface area contributed by atoms with Crippen LogP contribution in [0.25, 0.3) is 22.3 Å². The summed E-state index contributed by atoms with van der Waals surface area (Å²) in [5.41, 5.74) is 11.5. The Hall–Kier alpha value is -4.00. The zero-order chi connectivity index (χ0) is 28.0. The molecule has 0 aliphatic rings. The molecular weight excluding hydrogens is 495 g/mol. The second kappa shape index (κ2) is 12.5. The number of amides is 1. The first-order chi connectivity index (χ1) is 18.1. The smallest absolute Gasteiger partial charge is 0.245 e. The summed E-state index contributed by atoms with van der Waals surface area (Å²) in [5.74, 6) is -0.223. The van der Waals surface area contributed by atoms with Gasteiger partial charge in [0.1, 0.15) is 12.2 Å². The lowest BCUT2D eigenvalue weighted by Crippen LogP contribution is -2.44. The van der Waals surface area contributed by atoms with Crippen LogP contribution < -0.4 is 16.4 Å². The van der Waals surface area contributed by atoms with E-state index < -0.39 is 6.04 Å². The third-order valence-corrected chi connectivity index (χ3v) is 6.86. The number of nitrogens with zero attached hydrogens (tertiary/aromatic N) is 4. The summed E-state index contributed by atoms with van der Waals surface area (Å²) >= 11 is 0. The Kier molecular flexibility index (Phi) is 9.40. The maximum Gasteiger partial charge on any atom is 0.245 e. The predicted octanol–water partition coefficient (Wildman–Crippen LogP) is 3.92. The fraction of sp³-hybridized carbons (Fsp3) is 0.207. The van der Waals surface area contributed by atoms with Crippen LogP contribution in [-0.4, -0.2) is 51.6 Å². The highest BCUT2D eigenvalue weighted by Crippen LogP contribution is 2.25. The first-order valence-corrected chi connectivity index (χ1v) is 12.6. The van der Waals surface area contributed by atoms with E-state index in [1.165, 1.54) is 0 Å². The molecule has 9 heteroatoms. The molecule has 2 atom stereocenters. The molecule has 8 nitrogen and oxygen atoms in total. The molecule has 198 valence electrons. The number of aliphatic hydroxyl groups is 1. The SMILES string of the molecule is C=C/C(C)=C(\N=C)c1cccc(NC(=C)CN(C(=O)Cn2nc(C(=C)N)c3ccccc32)C(C)CO)c1P. The van der Waals surface area contributed by atoms with Crippen molar-refractivity contribution in [3.63, 3.8) is 0 Å². The van der Waals surface area contributed by atoms with Gasteiger partial charge in [0.25, 0.3) is 0 Å². The van der Waals surface area contributed by atoms with E-state index in [1.807, 2.05) is 49.4 Å². The van der Waals surface area contributed by atoms with Crippen molar-refractivity contribution in [2.75, 3.05) is 18.5 Å². The number of para-hydroxylation sites is 1. The molecule has 0 aliphatic heterocycles. The molecule has 0 spiro atoms. The summed E-state index contributed by atoms with van der Waals surface area (Å²) < 4.78 is 1.61. The van der Waals surface area contributed by atoms with Crippen LogP contribution in [-0.2, 0) is 11.3 Å². The van der Waals surface area contributed by atoms with Crippen molar-refractivity contribution in [3.8, 4) is 0 Å². The maximum absolute atomic E-state index is 13.5. The Morgan fingerprint density at radius 2 is 2.00 bits per heavy atom. The van der Waals surface area contributed by atoms with Gasteiger partial charge in [0.15, 0.2) is 0 Å². The van der Waals surface area contributed by atoms with E-state index >= 15 is 0 Å². The molecule has 0 bridgehead atoms. The second-order valence-electron chi connectivity index (χ2n) is 8.99. The van der Waals surface area contributed by atoms with Gasteiger partial charge >= 0.3 is 0 Å². The van der Waals surface area contributed by atoms with Crippen LogP contribution in [0.2, 0.25) is 0 Å². The summed E-state index contributed by atoms with van der Waals surface area (Å²) in [6.45, 7) is 19.1. The van der Waals surface area contributed by atoms with Gasteiger partial charge in [-0.15, -0.1) is 9.24 Å². The Morgan fingerprint density at radius 1 is 1.29 bits per heavy atom. The summed E-state index contributed by atoms with van der Waals surface area (Å²) in [4.78, 5) is 19.2. The average molecular weight is 531 g/mol. The normalized spacial score (nSPS) is 12.4. The molecule has 0 aliphatic carbocycles. The molecule has 3 aromatic rings. The van der Waals surface area contributed by atoms with Gasteiger partial charge < -0.3 is 21.1 Å². The highest BCUT2D eigenvalue weighted by Gasteiger charge is 2.23. The predicted molar refractivity (Wildman–Crippen MR) is 162 cm³/mol. The van der Waals surface area contributed by atoms with Crippen molar-refractivity contribution in [1.29, 1.82) is 0 Å². The maximum atomic E-state index is 13.5. The minimum absolute atomic E-state index is 0.0320. The van der Waals surface area contributed by atoms with Crippen molar-refractivity contribution >= 4 is 55.2 Å². The van der Waals surface area contributed by atoms with Crippen molar-refractivity contribution in [2.24, 2.45) is 10.7 Å². The van der Waals surface area contributed by atoms with Crippen molar-refractivity contribution < 1.29 is 9.90 Å². The molecule has 3 rings (SSSR count). The Balaban J connectivity index is 1.84. The van der Waals surface area contributed by atoms with Gasteiger partial charge in [0.05, 0.1) is 36.1 Å². The molecule has 1 aromatic heterocycles. The summed E-state index contributed by atoms with van der Waals surface area (Å²) in [5, 5.41) is 19.4. The van der Waals surface area contributed by atoms with Crippen molar-refractivity contribution in [2.45, 2.75) is 26.4 Å². The lowest BCUT2D eigenvalue weighted by atomic mass is 10.1. The second-order valence-corrected chi connectivity index (χ2v) is 9.57. The van der Waals surface area contributed by atoms with Gasteiger partial charge in [0, 0.05) is 27.6 Å². The van der Waals surface area contributed by atoms with Crippen molar-refractivity contribution in [1.82, 2.24) is 14.7 Å². The molecule has 0 saturated carbocycles. The number of aromatic nitrogens is 2. The zero-order valence-corrected chi connectivity index (χ0v) is 23.1. The number of carbonyl (C=O) groups is 1. The van der Waals surface area contributed by atoms with Crippen LogP contribution in [0.15, 0.2) is 84.5 Å². The molecule has 0 fully saturated rings. The number of hydrogen-bond acceptors (Lipinski definition) is 6. The van der Waals surface area contributed by atoms with Crippen LogP contribution in [0.4, 0.5) is 5.69 Å². The molecule has 0 saturated heterocycles. The van der Waals surface area contributed by atoms with Crippen LogP contribution in [0.5, 0.6) is 0 Å². The molecule has 4 N–H and O–H groups in total. The summed E-state index contributed by atoms with van der Waals surface area (Å²) in [6.07, 6.45) is 1.74. The number of hydrogen-bond donors (Lipinski definition) is 3. The zero-order valence-electron chi connectivity index (χ0n) is 21.9. The van der Waals surface area contributed by atoms with Crippen LogP contribution in [0, 0.1) is 0 Å². The highest BCUT2D eigenvalue weighted by atomic mass is 31.0. The van der Waals surface area contributed by atoms with E-state index in [4.69, 9.17) is 5.73 Å². The molecule has 1 heterocycles. The first-order valence-electron chi connectivity index (χ1n) is 12.1. The van der Waals surface area contributed by atoms with E-state index in [1.54, 1.807) is 22.6 Å². The van der Waals surface area contributed by atoms with Crippen molar-refractivity contribution in [3.05, 3.63) is 90.8 Å². The largest absolute Gasteiger partial charge is 0.397 e. The van der Waals surface area contributed by atoms with E-state index in [-0.39, 0.29) is 25.6 Å². The number of aliphatic hydroxyl groups excluding tert-OH is 1. The lowest BCUT2D eigenvalue weighted by Gasteiger charge is -2.29. The van der Waals surface area contributed by atoms with Crippen LogP contribution >= 0.6 is 9.24 Å². The lowest BCUT2D eigenvalue weighted by molar-refractivity contribution is -0.134. The van der Waals surface area contributed by atoms with Gasteiger partial charge in [-0.1, -0.05) is 56.1 Å². The molecule has 2 unspecified atom stereocenters. The Morgan fingerprint density at radius 3 is 2.63 bits per heavy atom. The van der Waals surface area contributed by atoms with E-state index in [0.29, 0.717) is 17.1 Å². The summed E-state index contributed by atoms with van der Waals surface area (Å²) in [6, 6.07) is 12.9. The molecule has 2 aromatic carbocycles. The topological polar surface area (TPSA) is 109 Å². The number of carbonyl (C=O) groups excluding carboxylic acids is 1. The van der Waals surface area contributed by atoms with E-state index in [9.17, 15) is 9.90 Å². The van der Waals surface area contributed by atoms with E-state index in [0.717, 1.165) is 38.7 Å². The number of anilines is 1. The third-order valence-electron chi connectivity index (χ3n) is 6.24. The van der Waals surface area contributed by atoms with Gasteiger partial charge in [-0.3, -0.25) is 14.5 Å². The molecule has 1 amide bonds. The number of allylic oxidation sites excluding steroid dienone is 2. The minimum atomic E-state index is -0.441. The summed E-state index contributed by atoms with van der Waals surface area (Å²) in [7, 11) is 2.73. The fourth-order valence-corrected chi connectivity index (χ4v) is 4.53. The molecular formula is C29H35N6O2P. The number of nitrogens with one attached hydrogen (secondary N) is 1. The van der Waals surface area contributed by atoms with Gasteiger partial charge in [0.2, 0.25) is 5.91 Å². The minimum Gasteiger partial charge on any atom is -0.397 e. The monoisotopic (exact) mass is 530 g/mol.